The van der Waals surface area contributed by atoms with Crippen LogP contribution in [0.2, 0.25) is 0 Å². The Morgan fingerprint density at radius 2 is 1.21 bits per heavy atom. The zero-order valence-corrected chi connectivity index (χ0v) is 27.9. The predicted octanol–water partition coefficient (Wildman–Crippen LogP) is 6.08. The fraction of sp³-hybridized carbons (Fsp3) is 0.278. The Morgan fingerprint density at radius 1 is 0.681 bits per heavy atom. The molecule has 0 atom stereocenters. The van der Waals surface area contributed by atoms with Gasteiger partial charge in [0.15, 0.2) is 23.0 Å². The number of carbonyl (C=O) groups excluding carboxylic acids is 2. The molecule has 10 nitrogen and oxygen atoms in total. The monoisotopic (exact) mass is 644 g/mol. The maximum Gasteiger partial charge on any atom is 0.488 e. The number of hydrogen-bond acceptors (Lipinski definition) is 8. The number of amides is 2. The van der Waals surface area contributed by atoms with E-state index in [2.05, 4.69) is 24.5 Å². The third kappa shape index (κ3) is 13.9. The van der Waals surface area contributed by atoms with E-state index in [1.165, 1.54) is 31.0 Å². The Morgan fingerprint density at radius 3 is 1.74 bits per heavy atom. The number of rotatable bonds is 11. The van der Waals surface area contributed by atoms with Crippen LogP contribution in [0.4, 0.5) is 11.4 Å². The Hall–Kier alpha value is -5.00. The number of phenols is 1. The molecular formula is C36H45BN2O8. The zero-order valence-electron chi connectivity index (χ0n) is 27.9. The molecule has 0 bridgehead atoms. The van der Waals surface area contributed by atoms with E-state index in [1.807, 2.05) is 48.5 Å². The maximum absolute atomic E-state index is 11.1. The van der Waals surface area contributed by atoms with Gasteiger partial charge in [0.25, 0.3) is 0 Å². The van der Waals surface area contributed by atoms with Crippen LogP contribution in [0.1, 0.15) is 51.7 Å². The van der Waals surface area contributed by atoms with Gasteiger partial charge in [-0.25, -0.2) is 0 Å². The SMILES string of the molecule is CC(=O)Nc1cccc(B(O)O)c1.CCCc1ccc(O)c(OC)c1.CCCc1ccc(Oc2cccc(NC(C)=O)c2)c(OC)c1. The first-order valence-corrected chi connectivity index (χ1v) is 15.3. The van der Waals surface area contributed by atoms with Crippen LogP contribution in [-0.2, 0) is 22.4 Å². The minimum absolute atomic E-state index is 0.112. The number of methoxy groups -OCH3 is 2. The smallest absolute Gasteiger partial charge is 0.488 e. The molecule has 0 saturated carbocycles. The van der Waals surface area contributed by atoms with Crippen LogP contribution in [0.15, 0.2) is 84.9 Å². The average molecular weight is 645 g/mol. The van der Waals surface area contributed by atoms with E-state index in [1.54, 1.807) is 44.6 Å². The lowest BCUT2D eigenvalue weighted by Gasteiger charge is -2.12. The zero-order chi connectivity index (χ0) is 34.8. The minimum Gasteiger partial charge on any atom is -0.504 e. The Kier molecular flexibility index (Phi) is 16.4. The van der Waals surface area contributed by atoms with Gasteiger partial charge >= 0.3 is 7.12 Å². The molecule has 5 N–H and O–H groups in total. The molecule has 0 radical (unpaired) electrons. The molecule has 4 rings (SSSR count). The molecule has 2 amide bonds. The van der Waals surface area contributed by atoms with Gasteiger partial charge in [-0.15, -0.1) is 0 Å². The first kappa shape index (κ1) is 38.2. The maximum atomic E-state index is 11.1. The van der Waals surface area contributed by atoms with Gasteiger partial charge in [0, 0.05) is 31.3 Å². The van der Waals surface area contributed by atoms with Gasteiger partial charge in [-0.05, 0) is 78.0 Å². The number of aryl methyl sites for hydroxylation is 2. The number of benzene rings is 4. The molecule has 0 unspecified atom stereocenters. The number of anilines is 2. The lowest BCUT2D eigenvalue weighted by Crippen LogP contribution is -2.29. The highest BCUT2D eigenvalue weighted by Crippen LogP contribution is 2.33. The van der Waals surface area contributed by atoms with E-state index >= 15 is 0 Å². The van der Waals surface area contributed by atoms with Gasteiger partial charge in [-0.3, -0.25) is 9.59 Å². The van der Waals surface area contributed by atoms with Crippen molar-refractivity contribution < 1.29 is 39.0 Å². The number of ether oxygens (including phenoxy) is 3. The van der Waals surface area contributed by atoms with Crippen LogP contribution >= 0.6 is 0 Å². The standard InChI is InChI=1S/C18H21NO3.C10H14O2.C8H10BNO3/c1-4-6-14-9-10-17(18(11-14)21-3)22-16-8-5-7-15(12-16)19-13(2)20;1-3-4-8-5-6-9(11)10(7-8)12-2;1-6(11)10-8-4-2-3-7(5-8)9(12)13/h5,7-12H,4,6H2,1-3H3,(H,19,20);5-7,11H,3-4H2,1-2H3;2-5,12-13H,1H3,(H,10,11). The molecule has 0 heterocycles. The van der Waals surface area contributed by atoms with Gasteiger partial charge in [0.1, 0.15) is 5.75 Å². The second kappa shape index (κ2) is 20.2. The number of phenolic OH excluding ortho intramolecular Hbond substituents is 1. The van der Waals surface area contributed by atoms with Gasteiger partial charge in [0.05, 0.1) is 14.2 Å². The minimum atomic E-state index is -1.51. The van der Waals surface area contributed by atoms with Crippen molar-refractivity contribution in [2.75, 3.05) is 24.9 Å². The van der Waals surface area contributed by atoms with Crippen LogP contribution < -0.4 is 30.3 Å². The molecule has 4 aromatic rings. The summed E-state index contributed by atoms with van der Waals surface area (Å²) in [5, 5.41) is 32.2. The predicted molar refractivity (Wildman–Crippen MR) is 187 cm³/mol. The van der Waals surface area contributed by atoms with Crippen LogP contribution in [0.25, 0.3) is 0 Å². The van der Waals surface area contributed by atoms with Crippen molar-refractivity contribution in [3.63, 3.8) is 0 Å². The number of carbonyl (C=O) groups is 2. The Bertz CT molecular complexity index is 1580. The lowest BCUT2D eigenvalue weighted by atomic mass is 9.80. The normalized spacial score (nSPS) is 9.87. The first-order valence-electron chi connectivity index (χ1n) is 15.3. The summed E-state index contributed by atoms with van der Waals surface area (Å²) in [6.45, 7) is 7.13. The van der Waals surface area contributed by atoms with Crippen molar-refractivity contribution in [3.8, 4) is 28.7 Å². The highest BCUT2D eigenvalue weighted by atomic mass is 16.5. The van der Waals surface area contributed by atoms with Crippen molar-refractivity contribution in [3.05, 3.63) is 96.1 Å². The highest BCUT2D eigenvalue weighted by Gasteiger charge is 2.11. The van der Waals surface area contributed by atoms with Crippen molar-refractivity contribution in [1.82, 2.24) is 0 Å². The highest BCUT2D eigenvalue weighted by molar-refractivity contribution is 6.58. The molecule has 0 aliphatic rings. The van der Waals surface area contributed by atoms with Gasteiger partial charge in [-0.1, -0.05) is 57.0 Å². The van der Waals surface area contributed by atoms with E-state index < -0.39 is 7.12 Å². The summed E-state index contributed by atoms with van der Waals surface area (Å²) < 4.78 is 16.3. The number of nitrogens with one attached hydrogen (secondary N) is 2. The molecular weight excluding hydrogens is 599 g/mol. The summed E-state index contributed by atoms with van der Waals surface area (Å²) >= 11 is 0. The van der Waals surface area contributed by atoms with E-state index in [4.69, 9.17) is 24.3 Å². The molecule has 47 heavy (non-hydrogen) atoms. The van der Waals surface area contributed by atoms with E-state index in [9.17, 15) is 14.7 Å². The van der Waals surface area contributed by atoms with Crippen LogP contribution in [0, 0.1) is 0 Å². The fourth-order valence-electron chi connectivity index (χ4n) is 4.35. The molecule has 0 saturated heterocycles. The fourth-order valence-corrected chi connectivity index (χ4v) is 4.35. The molecule has 0 spiro atoms. The van der Waals surface area contributed by atoms with Crippen LogP contribution in [-0.4, -0.2) is 48.3 Å². The Balaban J connectivity index is 0.000000263. The second-order valence-electron chi connectivity index (χ2n) is 10.5. The van der Waals surface area contributed by atoms with Crippen LogP contribution in [0.3, 0.4) is 0 Å². The molecule has 0 fully saturated rings. The number of hydrogen-bond donors (Lipinski definition) is 5. The van der Waals surface area contributed by atoms with Crippen molar-refractivity contribution >= 4 is 35.8 Å². The Labute approximate surface area is 277 Å². The van der Waals surface area contributed by atoms with E-state index in [0.717, 1.165) is 25.7 Å². The van der Waals surface area contributed by atoms with Crippen molar-refractivity contribution in [2.45, 2.75) is 53.4 Å². The molecule has 0 aliphatic carbocycles. The van der Waals surface area contributed by atoms with Crippen LogP contribution in [0.5, 0.6) is 28.7 Å². The second-order valence-corrected chi connectivity index (χ2v) is 10.5. The largest absolute Gasteiger partial charge is 0.504 e. The van der Waals surface area contributed by atoms with Gasteiger partial charge in [0.2, 0.25) is 11.8 Å². The summed E-state index contributed by atoms with van der Waals surface area (Å²) in [6, 6.07) is 25.1. The summed E-state index contributed by atoms with van der Waals surface area (Å²) in [7, 11) is 1.69. The van der Waals surface area contributed by atoms with Crippen molar-refractivity contribution in [2.24, 2.45) is 0 Å². The summed E-state index contributed by atoms with van der Waals surface area (Å²) in [5.41, 5.74) is 4.03. The van der Waals surface area contributed by atoms with Crippen molar-refractivity contribution in [1.29, 1.82) is 0 Å². The molecule has 4 aromatic carbocycles. The van der Waals surface area contributed by atoms with Gasteiger partial charge in [-0.2, -0.15) is 0 Å². The lowest BCUT2D eigenvalue weighted by molar-refractivity contribution is -0.115. The quantitative estimate of drug-likeness (QED) is 0.124. The average Bonchev–Trinajstić information content (AvgIpc) is 3.03. The summed E-state index contributed by atoms with van der Waals surface area (Å²) in [4.78, 5) is 21.8. The third-order valence-electron chi connectivity index (χ3n) is 6.44. The molecule has 0 aliphatic heterocycles. The summed E-state index contributed by atoms with van der Waals surface area (Å²) in [5.74, 6) is 2.47. The molecule has 250 valence electrons. The van der Waals surface area contributed by atoms with Gasteiger partial charge < -0.3 is 40.0 Å². The summed E-state index contributed by atoms with van der Waals surface area (Å²) in [6.07, 6.45) is 4.22. The van der Waals surface area contributed by atoms with E-state index in [-0.39, 0.29) is 17.6 Å². The molecule has 11 heteroatoms. The topological polar surface area (TPSA) is 147 Å². The molecule has 0 aromatic heterocycles. The first-order chi connectivity index (χ1) is 22.5. The number of aromatic hydroxyl groups is 1. The third-order valence-corrected chi connectivity index (χ3v) is 6.44. The van der Waals surface area contributed by atoms with E-state index in [0.29, 0.717) is 39.8 Å².